The van der Waals surface area contributed by atoms with E-state index in [0.29, 0.717) is 23.3 Å². The largest absolute Gasteiger partial charge is 0.480 e. The minimum atomic E-state index is -1.06. The van der Waals surface area contributed by atoms with Gasteiger partial charge in [0.05, 0.1) is 4.91 Å². The van der Waals surface area contributed by atoms with E-state index >= 15 is 0 Å². The molecule has 0 aliphatic carbocycles. The summed E-state index contributed by atoms with van der Waals surface area (Å²) >= 11 is 6.27. The number of carboxylic acids is 1. The molecular formula is C16H15NO4S2. The van der Waals surface area contributed by atoms with Crippen molar-refractivity contribution in [2.24, 2.45) is 0 Å². The first-order chi connectivity index (χ1) is 11.0. The molecule has 1 atom stereocenters. The zero-order valence-corrected chi connectivity index (χ0v) is 14.0. The van der Waals surface area contributed by atoms with Crippen molar-refractivity contribution in [2.45, 2.75) is 25.8 Å². The Bertz CT molecular complexity index is 682. The standard InChI is InChI=1S/C16H15NO4S2/c1-2-3-12(15(20)21)17-14(19)13(23-16(17)22)8-10-4-6-11(9-18)7-5-10/h4-9,12H,2-3H2,1H3,(H,20,21)/b13-8-/t12-/m1/s1. The summed E-state index contributed by atoms with van der Waals surface area (Å²) in [5, 5.41) is 9.32. The quantitative estimate of drug-likeness (QED) is 0.483. The highest BCUT2D eigenvalue weighted by molar-refractivity contribution is 8.26. The maximum atomic E-state index is 12.5. The van der Waals surface area contributed by atoms with E-state index in [0.717, 1.165) is 23.6 Å². The summed E-state index contributed by atoms with van der Waals surface area (Å²) in [6, 6.07) is 5.80. The zero-order valence-electron chi connectivity index (χ0n) is 12.4. The van der Waals surface area contributed by atoms with Gasteiger partial charge in [0.25, 0.3) is 5.91 Å². The Morgan fingerprint density at radius 2 is 1.96 bits per heavy atom. The van der Waals surface area contributed by atoms with Crippen LogP contribution in [-0.4, -0.2) is 38.5 Å². The number of benzene rings is 1. The van der Waals surface area contributed by atoms with Crippen molar-refractivity contribution in [2.75, 3.05) is 0 Å². The molecule has 1 saturated heterocycles. The summed E-state index contributed by atoms with van der Waals surface area (Å²) in [7, 11) is 0. The second-order valence-corrected chi connectivity index (χ2v) is 6.65. The first-order valence-corrected chi connectivity index (χ1v) is 8.25. The van der Waals surface area contributed by atoms with Crippen LogP contribution in [0.15, 0.2) is 29.2 Å². The van der Waals surface area contributed by atoms with Crippen molar-refractivity contribution in [1.82, 2.24) is 4.90 Å². The molecule has 0 aromatic heterocycles. The smallest absolute Gasteiger partial charge is 0.326 e. The van der Waals surface area contributed by atoms with Crippen molar-refractivity contribution < 1.29 is 19.5 Å². The predicted octanol–water partition coefficient (Wildman–Crippen LogP) is 2.95. The molecule has 1 aliphatic heterocycles. The summed E-state index contributed by atoms with van der Waals surface area (Å²) in [4.78, 5) is 36.1. The van der Waals surface area contributed by atoms with Crippen molar-refractivity contribution in [3.05, 3.63) is 40.3 Å². The van der Waals surface area contributed by atoms with Crippen molar-refractivity contribution in [3.63, 3.8) is 0 Å². The molecule has 0 spiro atoms. The molecule has 2 rings (SSSR count). The highest BCUT2D eigenvalue weighted by atomic mass is 32.2. The summed E-state index contributed by atoms with van der Waals surface area (Å²) < 4.78 is 0.256. The molecule has 120 valence electrons. The van der Waals surface area contributed by atoms with Crippen LogP contribution in [0.1, 0.15) is 35.7 Å². The lowest BCUT2D eigenvalue weighted by Crippen LogP contribution is -2.43. The van der Waals surface area contributed by atoms with Gasteiger partial charge in [0.15, 0.2) is 0 Å². The maximum Gasteiger partial charge on any atom is 0.326 e. The minimum absolute atomic E-state index is 0.256. The van der Waals surface area contributed by atoms with Gasteiger partial charge in [-0.25, -0.2) is 4.79 Å². The number of thiocarbonyl (C=S) groups is 1. The van der Waals surface area contributed by atoms with Crippen LogP contribution in [0, 0.1) is 0 Å². The van der Waals surface area contributed by atoms with Crippen molar-refractivity contribution >= 4 is 52.5 Å². The monoisotopic (exact) mass is 349 g/mol. The number of hydrogen-bond acceptors (Lipinski definition) is 5. The first-order valence-electron chi connectivity index (χ1n) is 7.03. The zero-order chi connectivity index (χ0) is 17.0. The van der Waals surface area contributed by atoms with Crippen LogP contribution in [-0.2, 0) is 9.59 Å². The Morgan fingerprint density at radius 1 is 1.35 bits per heavy atom. The Balaban J connectivity index is 2.27. The second kappa shape index (κ2) is 7.52. The third kappa shape index (κ3) is 3.86. The molecule has 0 bridgehead atoms. The van der Waals surface area contributed by atoms with Crippen LogP contribution in [0.3, 0.4) is 0 Å². The highest BCUT2D eigenvalue weighted by Gasteiger charge is 2.39. The third-order valence-electron chi connectivity index (χ3n) is 3.35. The number of carboxylic acid groups (broad SMARTS) is 1. The molecule has 1 aliphatic rings. The van der Waals surface area contributed by atoms with Crippen LogP contribution >= 0.6 is 24.0 Å². The van der Waals surface area contributed by atoms with E-state index in [2.05, 4.69) is 0 Å². The van der Waals surface area contributed by atoms with E-state index in [1.54, 1.807) is 30.3 Å². The van der Waals surface area contributed by atoms with Crippen LogP contribution < -0.4 is 0 Å². The molecule has 1 fully saturated rings. The summed E-state index contributed by atoms with van der Waals surface area (Å²) in [6.07, 6.45) is 3.38. The van der Waals surface area contributed by atoms with Gasteiger partial charge in [-0.15, -0.1) is 0 Å². The Labute approximate surface area is 143 Å². The summed E-state index contributed by atoms with van der Waals surface area (Å²) in [5.74, 6) is -1.44. The molecular weight excluding hydrogens is 334 g/mol. The Kier molecular flexibility index (Phi) is 5.68. The highest BCUT2D eigenvalue weighted by Crippen LogP contribution is 2.34. The lowest BCUT2D eigenvalue weighted by molar-refractivity contribution is -0.145. The van der Waals surface area contributed by atoms with Gasteiger partial charge >= 0.3 is 5.97 Å². The van der Waals surface area contributed by atoms with E-state index in [1.165, 1.54) is 4.90 Å². The van der Waals surface area contributed by atoms with Gasteiger partial charge in [-0.2, -0.15) is 0 Å². The maximum absolute atomic E-state index is 12.5. The van der Waals surface area contributed by atoms with Gasteiger partial charge in [-0.1, -0.05) is 61.6 Å². The second-order valence-electron chi connectivity index (χ2n) is 4.98. The molecule has 1 amide bonds. The first kappa shape index (κ1) is 17.4. The SMILES string of the molecule is CCC[C@H](C(=O)O)N1C(=O)/C(=C/c2ccc(C=O)cc2)SC1=S. The number of rotatable bonds is 6. The van der Waals surface area contributed by atoms with Crippen LogP contribution in [0.2, 0.25) is 0 Å². The van der Waals surface area contributed by atoms with Gasteiger partial charge < -0.3 is 5.11 Å². The lowest BCUT2D eigenvalue weighted by atomic mass is 10.1. The number of carbonyl (C=O) groups excluding carboxylic acids is 2. The fourth-order valence-corrected chi connectivity index (χ4v) is 3.56. The van der Waals surface area contributed by atoms with Gasteiger partial charge in [0.2, 0.25) is 0 Å². The molecule has 0 saturated carbocycles. The normalized spacial score (nSPS) is 17.6. The number of amides is 1. The molecule has 5 nitrogen and oxygen atoms in total. The Morgan fingerprint density at radius 3 is 2.48 bits per heavy atom. The number of nitrogens with zero attached hydrogens (tertiary/aromatic N) is 1. The molecule has 7 heteroatoms. The average molecular weight is 349 g/mol. The topological polar surface area (TPSA) is 74.7 Å². The number of hydrogen-bond donors (Lipinski definition) is 1. The molecule has 0 unspecified atom stereocenters. The van der Waals surface area contributed by atoms with Gasteiger partial charge in [-0.05, 0) is 18.1 Å². The fraction of sp³-hybridized carbons (Fsp3) is 0.250. The molecule has 23 heavy (non-hydrogen) atoms. The van der Waals surface area contributed by atoms with E-state index in [1.807, 2.05) is 6.92 Å². The number of carbonyl (C=O) groups is 3. The van der Waals surface area contributed by atoms with E-state index < -0.39 is 12.0 Å². The lowest BCUT2D eigenvalue weighted by Gasteiger charge is -2.22. The molecule has 1 heterocycles. The van der Waals surface area contributed by atoms with Crippen LogP contribution in [0.4, 0.5) is 0 Å². The van der Waals surface area contributed by atoms with Gasteiger partial charge in [-0.3, -0.25) is 14.5 Å². The average Bonchev–Trinajstić information content (AvgIpc) is 2.80. The number of thioether (sulfide) groups is 1. The van der Waals surface area contributed by atoms with Crippen LogP contribution in [0.25, 0.3) is 6.08 Å². The number of aldehydes is 1. The fourth-order valence-electron chi connectivity index (χ4n) is 2.21. The molecule has 1 N–H and O–H groups in total. The Hall–Kier alpha value is -1.99. The molecule has 0 radical (unpaired) electrons. The summed E-state index contributed by atoms with van der Waals surface area (Å²) in [6.45, 7) is 1.86. The molecule has 1 aromatic rings. The summed E-state index contributed by atoms with van der Waals surface area (Å²) in [5.41, 5.74) is 1.29. The molecule has 1 aromatic carbocycles. The third-order valence-corrected chi connectivity index (χ3v) is 4.68. The number of aliphatic carboxylic acids is 1. The van der Waals surface area contributed by atoms with Crippen LogP contribution in [0.5, 0.6) is 0 Å². The van der Waals surface area contributed by atoms with Crippen molar-refractivity contribution in [3.8, 4) is 0 Å². The van der Waals surface area contributed by atoms with E-state index in [9.17, 15) is 19.5 Å². The minimum Gasteiger partial charge on any atom is -0.480 e. The van der Waals surface area contributed by atoms with E-state index in [4.69, 9.17) is 12.2 Å². The van der Waals surface area contributed by atoms with Gasteiger partial charge in [0.1, 0.15) is 16.6 Å². The predicted molar refractivity (Wildman–Crippen MR) is 93.2 cm³/mol. The van der Waals surface area contributed by atoms with Crippen molar-refractivity contribution in [1.29, 1.82) is 0 Å². The van der Waals surface area contributed by atoms with E-state index in [-0.39, 0.29) is 10.2 Å². The van der Waals surface area contributed by atoms with Gasteiger partial charge in [0, 0.05) is 5.56 Å².